The summed E-state index contributed by atoms with van der Waals surface area (Å²) in [5, 5.41) is 2.73. The summed E-state index contributed by atoms with van der Waals surface area (Å²) in [6.45, 7) is 5.50. The summed E-state index contributed by atoms with van der Waals surface area (Å²) in [4.78, 5) is 12.4. The standard InChI is InChI=1S/C28H27N2O6PS/c1-20-12-18-25(19-13-20)38(33,34)30-28(31)29-23-14-16-24(17-15-23)37(32,35-26-10-6-4-8-21(26)2)36-27-11-7-5-9-22(27)3/h4-19H,1-3H3,(H2,29,30,31). The van der Waals surface area contributed by atoms with Crippen molar-refractivity contribution in [1.29, 1.82) is 0 Å². The second kappa shape index (κ2) is 11.1. The number of rotatable bonds is 8. The predicted molar refractivity (Wildman–Crippen MR) is 148 cm³/mol. The third-order valence-corrected chi connectivity index (χ3v) is 8.78. The number of aryl methyl sites for hydroxylation is 3. The van der Waals surface area contributed by atoms with Gasteiger partial charge in [-0.25, -0.2) is 22.5 Å². The zero-order chi connectivity index (χ0) is 27.3. The number of anilines is 1. The molecule has 0 atom stereocenters. The van der Waals surface area contributed by atoms with Crippen LogP contribution in [0, 0.1) is 20.8 Å². The zero-order valence-electron chi connectivity index (χ0n) is 21.0. The number of carbonyl (C=O) groups is 1. The van der Waals surface area contributed by atoms with Crippen molar-refractivity contribution in [3.8, 4) is 11.5 Å². The molecule has 0 fully saturated rings. The van der Waals surface area contributed by atoms with E-state index < -0.39 is 23.7 Å². The largest absolute Gasteiger partial charge is 0.462 e. The van der Waals surface area contributed by atoms with Crippen LogP contribution in [0.4, 0.5) is 10.5 Å². The van der Waals surface area contributed by atoms with Crippen molar-refractivity contribution in [2.45, 2.75) is 25.7 Å². The first-order chi connectivity index (χ1) is 18.1. The molecule has 0 radical (unpaired) electrons. The average molecular weight is 551 g/mol. The maximum Gasteiger partial charge on any atom is 0.462 e. The molecule has 0 aliphatic carbocycles. The highest BCUT2D eigenvalue weighted by Crippen LogP contribution is 2.49. The molecular weight excluding hydrogens is 523 g/mol. The minimum absolute atomic E-state index is 0.0313. The summed E-state index contributed by atoms with van der Waals surface area (Å²) in [5.41, 5.74) is 2.74. The minimum Gasteiger partial charge on any atom is -0.413 e. The average Bonchev–Trinajstić information content (AvgIpc) is 2.87. The first-order valence-corrected chi connectivity index (χ1v) is 14.7. The number of hydrogen-bond donors (Lipinski definition) is 2. The number of urea groups is 1. The molecule has 0 spiro atoms. The van der Waals surface area contributed by atoms with Gasteiger partial charge in [-0.05, 0) is 80.4 Å². The van der Waals surface area contributed by atoms with Crippen molar-refractivity contribution in [3.63, 3.8) is 0 Å². The lowest BCUT2D eigenvalue weighted by Crippen LogP contribution is -2.34. The fourth-order valence-electron chi connectivity index (χ4n) is 3.48. The third kappa shape index (κ3) is 6.43. The molecule has 4 aromatic rings. The van der Waals surface area contributed by atoms with Crippen molar-refractivity contribution in [3.05, 3.63) is 114 Å². The highest BCUT2D eigenvalue weighted by Gasteiger charge is 2.32. The number of para-hydroxylation sites is 2. The van der Waals surface area contributed by atoms with Gasteiger partial charge in [0.1, 0.15) is 11.5 Å². The van der Waals surface area contributed by atoms with Crippen molar-refractivity contribution >= 4 is 34.6 Å². The van der Waals surface area contributed by atoms with E-state index in [9.17, 15) is 17.8 Å². The van der Waals surface area contributed by atoms with E-state index in [0.29, 0.717) is 11.5 Å². The fourth-order valence-corrected chi connectivity index (χ4v) is 6.08. The first-order valence-electron chi connectivity index (χ1n) is 11.7. The van der Waals surface area contributed by atoms with E-state index in [1.807, 2.05) is 49.8 Å². The maximum atomic E-state index is 14.1. The van der Waals surface area contributed by atoms with E-state index in [4.69, 9.17) is 9.05 Å². The minimum atomic E-state index is -4.05. The van der Waals surface area contributed by atoms with Crippen LogP contribution in [0.1, 0.15) is 16.7 Å². The summed E-state index contributed by atoms with van der Waals surface area (Å²) in [6, 6.07) is 25.5. The summed E-state index contributed by atoms with van der Waals surface area (Å²) >= 11 is 0. The Morgan fingerprint density at radius 3 is 1.71 bits per heavy atom. The molecule has 38 heavy (non-hydrogen) atoms. The van der Waals surface area contributed by atoms with Crippen LogP contribution in [-0.4, -0.2) is 14.4 Å². The van der Waals surface area contributed by atoms with E-state index in [2.05, 4.69) is 5.32 Å². The smallest absolute Gasteiger partial charge is 0.413 e. The Hall–Kier alpha value is -4.07. The molecule has 0 saturated carbocycles. The number of hydrogen-bond acceptors (Lipinski definition) is 6. The Bertz CT molecular complexity index is 1550. The van der Waals surface area contributed by atoms with Gasteiger partial charge in [0.15, 0.2) is 0 Å². The normalized spacial score (nSPS) is 11.4. The highest BCUT2D eigenvalue weighted by molar-refractivity contribution is 7.90. The van der Waals surface area contributed by atoms with Crippen molar-refractivity contribution in [1.82, 2.24) is 4.72 Å². The van der Waals surface area contributed by atoms with Gasteiger partial charge in [0.05, 0.1) is 10.2 Å². The molecule has 0 bridgehead atoms. The molecule has 196 valence electrons. The topological polar surface area (TPSA) is 111 Å². The van der Waals surface area contributed by atoms with Gasteiger partial charge in [-0.15, -0.1) is 0 Å². The van der Waals surface area contributed by atoms with E-state index in [1.165, 1.54) is 36.4 Å². The Balaban J connectivity index is 1.55. The SMILES string of the molecule is Cc1ccc(S(=O)(=O)NC(=O)Nc2ccc(P(=O)(Oc3ccccc3C)Oc3ccccc3C)cc2)cc1. The van der Waals surface area contributed by atoms with Gasteiger partial charge in [-0.3, -0.25) is 0 Å². The van der Waals surface area contributed by atoms with Gasteiger partial charge in [-0.2, -0.15) is 0 Å². The van der Waals surface area contributed by atoms with Crippen LogP contribution in [0.15, 0.2) is 102 Å². The molecule has 0 aliphatic heterocycles. The molecule has 0 heterocycles. The van der Waals surface area contributed by atoms with Gasteiger partial charge in [0.2, 0.25) is 0 Å². The second-order valence-corrected chi connectivity index (χ2v) is 12.2. The Kier molecular flexibility index (Phi) is 7.90. The number of benzene rings is 4. The summed E-state index contributed by atoms with van der Waals surface area (Å²) in [6.07, 6.45) is 0. The lowest BCUT2D eigenvalue weighted by Gasteiger charge is -2.22. The monoisotopic (exact) mass is 550 g/mol. The number of sulfonamides is 1. The molecule has 0 aliphatic rings. The summed E-state index contributed by atoms with van der Waals surface area (Å²) in [7, 11) is -7.98. The van der Waals surface area contributed by atoms with Crippen LogP contribution in [0.25, 0.3) is 0 Å². The Morgan fingerprint density at radius 1 is 0.711 bits per heavy atom. The molecular formula is C28H27N2O6PS. The van der Waals surface area contributed by atoms with E-state index >= 15 is 0 Å². The molecule has 4 rings (SSSR count). The lowest BCUT2D eigenvalue weighted by molar-refractivity contribution is 0.256. The Morgan fingerprint density at radius 2 is 1.21 bits per heavy atom. The van der Waals surface area contributed by atoms with Crippen LogP contribution < -0.4 is 24.4 Å². The third-order valence-electron chi connectivity index (χ3n) is 5.62. The highest BCUT2D eigenvalue weighted by atomic mass is 32.2. The van der Waals surface area contributed by atoms with Gasteiger partial charge >= 0.3 is 13.6 Å². The Labute approximate surface area is 222 Å². The molecule has 0 saturated heterocycles. The molecule has 8 nitrogen and oxygen atoms in total. The van der Waals surface area contributed by atoms with Gasteiger partial charge in [-0.1, -0.05) is 54.1 Å². The van der Waals surface area contributed by atoms with Gasteiger partial charge in [0.25, 0.3) is 10.0 Å². The number of nitrogens with one attached hydrogen (secondary N) is 2. The second-order valence-electron chi connectivity index (χ2n) is 8.63. The molecule has 10 heteroatoms. The number of amides is 2. The lowest BCUT2D eigenvalue weighted by atomic mass is 10.2. The van der Waals surface area contributed by atoms with Crippen molar-refractivity contribution in [2.24, 2.45) is 0 Å². The molecule has 0 aromatic heterocycles. The van der Waals surface area contributed by atoms with E-state index in [0.717, 1.165) is 16.7 Å². The van der Waals surface area contributed by atoms with Gasteiger partial charge < -0.3 is 14.4 Å². The predicted octanol–water partition coefficient (Wildman–Crippen LogP) is 6.10. The maximum absolute atomic E-state index is 14.1. The molecule has 2 N–H and O–H groups in total. The van der Waals surface area contributed by atoms with Crippen LogP contribution in [0.5, 0.6) is 11.5 Å². The fraction of sp³-hybridized carbons (Fsp3) is 0.107. The first kappa shape index (κ1) is 27.0. The molecule has 4 aromatic carbocycles. The van der Waals surface area contributed by atoms with Crippen LogP contribution in [0.3, 0.4) is 0 Å². The van der Waals surface area contributed by atoms with Gasteiger partial charge in [0, 0.05) is 5.69 Å². The van der Waals surface area contributed by atoms with Crippen molar-refractivity contribution < 1.29 is 26.8 Å². The summed E-state index contributed by atoms with van der Waals surface area (Å²) < 4.78 is 53.1. The van der Waals surface area contributed by atoms with Crippen LogP contribution in [-0.2, 0) is 14.6 Å². The van der Waals surface area contributed by atoms with Crippen LogP contribution in [0.2, 0.25) is 0 Å². The van der Waals surface area contributed by atoms with Crippen LogP contribution >= 0.6 is 7.60 Å². The van der Waals surface area contributed by atoms with Crippen molar-refractivity contribution in [2.75, 3.05) is 5.32 Å². The summed E-state index contributed by atoms with van der Waals surface area (Å²) in [5.74, 6) is 0.819. The van der Waals surface area contributed by atoms with E-state index in [1.54, 1.807) is 36.4 Å². The number of carbonyl (C=O) groups excluding carboxylic acids is 1. The molecule has 0 unspecified atom stereocenters. The molecule has 2 amide bonds. The zero-order valence-corrected chi connectivity index (χ0v) is 22.8. The quantitative estimate of drug-likeness (QED) is 0.257. The van der Waals surface area contributed by atoms with E-state index in [-0.39, 0.29) is 15.9 Å².